The molecule has 1 nitrogen and oxygen atoms in total. The van der Waals surface area contributed by atoms with Gasteiger partial charge in [0.15, 0.2) is 0 Å². The average molecular weight is 190 g/mol. The molecule has 0 bridgehead atoms. The van der Waals surface area contributed by atoms with E-state index in [2.05, 4.69) is 0 Å². The third kappa shape index (κ3) is 1.65. The minimum absolute atomic E-state index is 0.685. The summed E-state index contributed by atoms with van der Waals surface area (Å²) < 4.78 is 13.7. The highest BCUT2D eigenvalue weighted by Crippen LogP contribution is 2.43. The van der Waals surface area contributed by atoms with Gasteiger partial charge in [0.05, 0.1) is 5.41 Å². The van der Waals surface area contributed by atoms with Crippen LogP contribution in [0.4, 0.5) is 4.39 Å². The second kappa shape index (κ2) is 3.36. The molecule has 1 rings (SSSR count). The van der Waals surface area contributed by atoms with Gasteiger partial charge in [0.1, 0.15) is 12.0 Å². The Morgan fingerprint density at radius 1 is 1.42 bits per heavy atom. The molecule has 0 aromatic carbocycles. The minimum atomic E-state index is -1.37. The Bertz CT molecular complexity index is 168. The third-order valence-corrected chi connectivity index (χ3v) is 3.78. The number of alkyl halides is 1. The molecule has 1 aliphatic rings. The highest BCUT2D eigenvalue weighted by atomic mass is 32.2. The lowest BCUT2D eigenvalue weighted by atomic mass is 9.72. The first kappa shape index (κ1) is 10.0. The number of carbonyl (C=O) groups excluding carboxylic acids is 1. The Balaban J connectivity index is 2.80. The van der Waals surface area contributed by atoms with Crippen LogP contribution in [-0.2, 0) is 4.79 Å². The number of aldehydes is 1. The molecule has 0 unspecified atom stereocenters. The van der Waals surface area contributed by atoms with Crippen LogP contribution in [0.15, 0.2) is 0 Å². The molecular weight excluding hydrogens is 175 g/mol. The van der Waals surface area contributed by atoms with Gasteiger partial charge in [0, 0.05) is 0 Å². The van der Waals surface area contributed by atoms with Gasteiger partial charge in [-0.15, -0.1) is 0 Å². The maximum atomic E-state index is 13.7. The van der Waals surface area contributed by atoms with Crippen LogP contribution in [0.2, 0.25) is 0 Å². The van der Waals surface area contributed by atoms with Crippen LogP contribution >= 0.6 is 11.8 Å². The SMILES string of the molecule is CC(C)(F)C1(C=O)CCSCC1. The number of hydrogen-bond acceptors (Lipinski definition) is 2. The van der Waals surface area contributed by atoms with Crippen LogP contribution in [-0.4, -0.2) is 23.5 Å². The molecular formula is C9H15FOS. The number of carbonyl (C=O) groups is 1. The van der Waals surface area contributed by atoms with Gasteiger partial charge in [0.2, 0.25) is 0 Å². The summed E-state index contributed by atoms with van der Waals surface area (Å²) >= 11 is 1.80. The molecule has 1 fully saturated rings. The van der Waals surface area contributed by atoms with E-state index in [1.54, 1.807) is 11.8 Å². The van der Waals surface area contributed by atoms with Gasteiger partial charge < -0.3 is 4.79 Å². The standard InChI is InChI=1S/C9H15FOS/c1-8(2,10)9(7-11)3-5-12-6-4-9/h7H,3-6H2,1-2H3. The fraction of sp³-hybridized carbons (Fsp3) is 0.889. The summed E-state index contributed by atoms with van der Waals surface area (Å²) in [7, 11) is 0. The number of hydrogen-bond donors (Lipinski definition) is 0. The second-order valence-corrected chi connectivity index (χ2v) is 5.08. The largest absolute Gasteiger partial charge is 0.303 e. The molecule has 1 heterocycles. The Kier molecular flexibility index (Phi) is 2.81. The molecule has 70 valence electrons. The molecule has 0 saturated carbocycles. The van der Waals surface area contributed by atoms with Crippen molar-refractivity contribution in [1.29, 1.82) is 0 Å². The average Bonchev–Trinajstić information content (AvgIpc) is 2.04. The van der Waals surface area contributed by atoms with E-state index in [0.717, 1.165) is 17.8 Å². The molecule has 12 heavy (non-hydrogen) atoms. The van der Waals surface area contributed by atoms with Crippen molar-refractivity contribution in [3.05, 3.63) is 0 Å². The van der Waals surface area contributed by atoms with Crippen molar-refractivity contribution in [2.75, 3.05) is 11.5 Å². The number of thioether (sulfide) groups is 1. The molecule has 0 aromatic heterocycles. The first-order valence-corrected chi connectivity index (χ1v) is 5.40. The Labute approximate surface area is 77.1 Å². The normalized spacial score (nSPS) is 23.6. The van der Waals surface area contributed by atoms with Gasteiger partial charge in [-0.3, -0.25) is 0 Å². The van der Waals surface area contributed by atoms with Crippen molar-refractivity contribution in [2.24, 2.45) is 5.41 Å². The molecule has 0 N–H and O–H groups in total. The first-order valence-electron chi connectivity index (χ1n) is 4.25. The van der Waals surface area contributed by atoms with Crippen molar-refractivity contribution in [3.8, 4) is 0 Å². The van der Waals surface area contributed by atoms with E-state index in [0.29, 0.717) is 12.8 Å². The van der Waals surface area contributed by atoms with Gasteiger partial charge in [0.25, 0.3) is 0 Å². The molecule has 0 spiro atoms. The zero-order valence-electron chi connectivity index (χ0n) is 7.60. The van der Waals surface area contributed by atoms with Gasteiger partial charge >= 0.3 is 0 Å². The van der Waals surface area contributed by atoms with Crippen LogP contribution in [0.25, 0.3) is 0 Å². The maximum Gasteiger partial charge on any atom is 0.129 e. The summed E-state index contributed by atoms with van der Waals surface area (Å²) in [4.78, 5) is 10.9. The molecule has 0 aromatic rings. The van der Waals surface area contributed by atoms with Gasteiger partial charge in [-0.05, 0) is 38.2 Å². The third-order valence-electron chi connectivity index (χ3n) is 2.79. The summed E-state index contributed by atoms with van der Waals surface area (Å²) in [6.45, 7) is 3.02. The Morgan fingerprint density at radius 2 is 1.92 bits per heavy atom. The predicted octanol–water partition coefficient (Wildman–Crippen LogP) is 2.45. The van der Waals surface area contributed by atoms with Crippen molar-refractivity contribution in [2.45, 2.75) is 32.4 Å². The topological polar surface area (TPSA) is 17.1 Å². The number of rotatable bonds is 2. The number of halogens is 1. The van der Waals surface area contributed by atoms with E-state index in [1.165, 1.54) is 13.8 Å². The summed E-state index contributed by atoms with van der Waals surface area (Å²) in [5.41, 5.74) is -2.08. The highest BCUT2D eigenvalue weighted by Gasteiger charge is 2.46. The summed E-state index contributed by atoms with van der Waals surface area (Å²) in [6, 6.07) is 0. The van der Waals surface area contributed by atoms with E-state index in [1.807, 2.05) is 0 Å². The maximum absolute atomic E-state index is 13.7. The predicted molar refractivity (Wildman–Crippen MR) is 50.2 cm³/mol. The Morgan fingerprint density at radius 3 is 2.17 bits per heavy atom. The fourth-order valence-corrected chi connectivity index (χ4v) is 2.81. The van der Waals surface area contributed by atoms with E-state index in [9.17, 15) is 9.18 Å². The van der Waals surface area contributed by atoms with Gasteiger partial charge in [-0.25, -0.2) is 4.39 Å². The molecule has 3 heteroatoms. The van der Waals surface area contributed by atoms with Crippen molar-refractivity contribution >= 4 is 18.0 Å². The smallest absolute Gasteiger partial charge is 0.129 e. The van der Waals surface area contributed by atoms with E-state index in [4.69, 9.17) is 0 Å². The van der Waals surface area contributed by atoms with Crippen LogP contribution in [0, 0.1) is 5.41 Å². The minimum Gasteiger partial charge on any atom is -0.303 e. The summed E-state index contributed by atoms with van der Waals surface area (Å²) in [5, 5.41) is 0. The van der Waals surface area contributed by atoms with Crippen LogP contribution < -0.4 is 0 Å². The van der Waals surface area contributed by atoms with Gasteiger partial charge in [-0.2, -0.15) is 11.8 Å². The van der Waals surface area contributed by atoms with Crippen LogP contribution in [0.1, 0.15) is 26.7 Å². The second-order valence-electron chi connectivity index (χ2n) is 3.86. The Hall–Kier alpha value is -0.0500. The zero-order valence-corrected chi connectivity index (χ0v) is 8.42. The zero-order chi connectivity index (χ0) is 9.24. The van der Waals surface area contributed by atoms with E-state index < -0.39 is 11.1 Å². The molecule has 0 amide bonds. The molecule has 1 aliphatic heterocycles. The summed E-state index contributed by atoms with van der Waals surface area (Å²) in [6.07, 6.45) is 2.20. The quantitative estimate of drug-likeness (QED) is 0.622. The molecule has 1 saturated heterocycles. The lowest BCUT2D eigenvalue weighted by molar-refractivity contribution is -0.124. The molecule has 0 atom stereocenters. The first-order chi connectivity index (χ1) is 5.52. The lowest BCUT2D eigenvalue weighted by Gasteiger charge is -2.39. The van der Waals surface area contributed by atoms with Crippen molar-refractivity contribution < 1.29 is 9.18 Å². The van der Waals surface area contributed by atoms with E-state index in [-0.39, 0.29) is 0 Å². The van der Waals surface area contributed by atoms with Crippen molar-refractivity contribution in [1.82, 2.24) is 0 Å². The van der Waals surface area contributed by atoms with Crippen LogP contribution in [0.5, 0.6) is 0 Å². The lowest BCUT2D eigenvalue weighted by Crippen LogP contribution is -2.44. The molecule has 0 aliphatic carbocycles. The van der Waals surface area contributed by atoms with E-state index >= 15 is 0 Å². The highest BCUT2D eigenvalue weighted by molar-refractivity contribution is 7.99. The van der Waals surface area contributed by atoms with Crippen molar-refractivity contribution in [3.63, 3.8) is 0 Å². The van der Waals surface area contributed by atoms with Gasteiger partial charge in [-0.1, -0.05) is 0 Å². The monoisotopic (exact) mass is 190 g/mol. The molecule has 0 radical (unpaired) electrons. The fourth-order valence-electron chi connectivity index (χ4n) is 1.59. The van der Waals surface area contributed by atoms with Crippen LogP contribution in [0.3, 0.4) is 0 Å². The summed E-state index contributed by atoms with van der Waals surface area (Å²) in [5.74, 6) is 1.82.